The molecule has 0 amide bonds. The Morgan fingerprint density at radius 2 is 2.06 bits per heavy atom. The van der Waals surface area contributed by atoms with Gasteiger partial charge in [0.05, 0.1) is 11.5 Å². The van der Waals surface area contributed by atoms with Crippen LogP contribution in [0.3, 0.4) is 0 Å². The molecule has 1 nitrogen and oxygen atoms in total. The lowest BCUT2D eigenvalue weighted by molar-refractivity contribution is -0.201. The third kappa shape index (κ3) is 2.81. The summed E-state index contributed by atoms with van der Waals surface area (Å²) in [5, 5.41) is 10.9. The van der Waals surface area contributed by atoms with Gasteiger partial charge in [0.15, 0.2) is 0 Å². The minimum Gasteiger partial charge on any atom is -0.385 e. The number of halogens is 4. The Labute approximate surface area is 109 Å². The number of rotatable bonds is 1. The number of aliphatic hydroxyl groups is 1. The van der Waals surface area contributed by atoms with Crippen molar-refractivity contribution in [2.24, 2.45) is 5.92 Å². The molecule has 0 heterocycles. The van der Waals surface area contributed by atoms with Crippen LogP contribution in [-0.2, 0) is 5.60 Å². The molecule has 1 fully saturated rings. The summed E-state index contributed by atoms with van der Waals surface area (Å²) in [5.41, 5.74) is -0.937. The first-order valence-electron chi connectivity index (χ1n) is 5.86. The molecule has 0 radical (unpaired) electrons. The van der Waals surface area contributed by atoms with Crippen LogP contribution >= 0.6 is 11.6 Å². The molecule has 2 atom stereocenters. The predicted octanol–water partition coefficient (Wildman–Crippen LogP) is 4.28. The van der Waals surface area contributed by atoms with E-state index in [-0.39, 0.29) is 12.8 Å². The molecule has 18 heavy (non-hydrogen) atoms. The Balaban J connectivity index is 2.25. The number of hydrogen-bond acceptors (Lipinski definition) is 1. The number of benzene rings is 1. The predicted molar refractivity (Wildman–Crippen MR) is 63.4 cm³/mol. The lowest BCUT2D eigenvalue weighted by Crippen LogP contribution is -2.38. The molecule has 0 bridgehead atoms. The first kappa shape index (κ1) is 13.7. The topological polar surface area (TPSA) is 20.2 Å². The average Bonchev–Trinajstić information content (AvgIpc) is 2.28. The van der Waals surface area contributed by atoms with Crippen molar-refractivity contribution in [2.75, 3.05) is 0 Å². The summed E-state index contributed by atoms with van der Waals surface area (Å²) in [5.74, 6) is -1.43. The van der Waals surface area contributed by atoms with E-state index in [2.05, 4.69) is 0 Å². The summed E-state index contributed by atoms with van der Waals surface area (Å²) in [6.45, 7) is 0. The standard InChI is InChI=1S/C13H14ClF3O/c14-11-5-1-3-9(7-11)12(18)6-2-4-10(8-12)13(15,16)17/h1,3,5,7,10,18H,2,4,6,8H2. The van der Waals surface area contributed by atoms with Gasteiger partial charge in [-0.2, -0.15) is 13.2 Å². The van der Waals surface area contributed by atoms with Gasteiger partial charge in [-0.25, -0.2) is 0 Å². The molecule has 100 valence electrons. The zero-order valence-electron chi connectivity index (χ0n) is 9.67. The fourth-order valence-electron chi connectivity index (χ4n) is 2.57. The smallest absolute Gasteiger partial charge is 0.385 e. The Kier molecular flexibility index (Phi) is 3.60. The van der Waals surface area contributed by atoms with Crippen molar-refractivity contribution in [3.05, 3.63) is 34.9 Å². The fourth-order valence-corrected chi connectivity index (χ4v) is 2.76. The van der Waals surface area contributed by atoms with Gasteiger partial charge in [0, 0.05) is 5.02 Å². The summed E-state index contributed by atoms with van der Waals surface area (Å²) < 4.78 is 38.2. The second-order valence-electron chi connectivity index (χ2n) is 4.88. The molecular weight excluding hydrogens is 265 g/mol. The van der Waals surface area contributed by atoms with E-state index in [1.165, 1.54) is 0 Å². The molecule has 0 aromatic heterocycles. The first-order valence-corrected chi connectivity index (χ1v) is 6.24. The zero-order valence-corrected chi connectivity index (χ0v) is 10.4. The van der Waals surface area contributed by atoms with Gasteiger partial charge < -0.3 is 5.11 Å². The lowest BCUT2D eigenvalue weighted by atomic mass is 9.74. The Morgan fingerprint density at radius 1 is 1.33 bits per heavy atom. The van der Waals surface area contributed by atoms with Crippen molar-refractivity contribution in [3.63, 3.8) is 0 Å². The average molecular weight is 279 g/mol. The summed E-state index contributed by atoms with van der Waals surface area (Å²) in [4.78, 5) is 0. The highest BCUT2D eigenvalue weighted by Gasteiger charge is 2.47. The van der Waals surface area contributed by atoms with E-state index in [1.54, 1.807) is 24.3 Å². The molecule has 1 aliphatic carbocycles. The van der Waals surface area contributed by atoms with E-state index in [1.807, 2.05) is 0 Å². The van der Waals surface area contributed by atoms with Crippen LogP contribution in [0, 0.1) is 5.92 Å². The highest BCUT2D eigenvalue weighted by Crippen LogP contribution is 2.46. The monoisotopic (exact) mass is 278 g/mol. The molecule has 0 saturated heterocycles. The van der Waals surface area contributed by atoms with Crippen molar-refractivity contribution < 1.29 is 18.3 Å². The van der Waals surface area contributed by atoms with Gasteiger partial charge in [-0.15, -0.1) is 0 Å². The molecule has 2 unspecified atom stereocenters. The van der Waals surface area contributed by atoms with Crippen molar-refractivity contribution in [3.8, 4) is 0 Å². The Morgan fingerprint density at radius 3 is 2.67 bits per heavy atom. The maximum Gasteiger partial charge on any atom is 0.391 e. The highest BCUT2D eigenvalue weighted by molar-refractivity contribution is 6.30. The first-order chi connectivity index (χ1) is 8.31. The minimum absolute atomic E-state index is 0.0897. The molecule has 0 aliphatic heterocycles. The fraction of sp³-hybridized carbons (Fsp3) is 0.538. The number of hydrogen-bond donors (Lipinski definition) is 1. The van der Waals surface area contributed by atoms with Crippen molar-refractivity contribution in [1.82, 2.24) is 0 Å². The SMILES string of the molecule is OC1(c2cccc(Cl)c2)CCCC(C(F)(F)F)C1. The molecule has 1 aromatic rings. The summed E-state index contributed by atoms with van der Waals surface area (Å²) in [7, 11) is 0. The third-order valence-electron chi connectivity index (χ3n) is 3.55. The van der Waals surface area contributed by atoms with Crippen LogP contribution in [0.5, 0.6) is 0 Å². The van der Waals surface area contributed by atoms with Gasteiger partial charge in [-0.1, -0.05) is 23.7 Å². The molecule has 0 spiro atoms. The second kappa shape index (κ2) is 4.74. The normalized spacial score (nSPS) is 29.3. The Bertz CT molecular complexity index is 432. The third-order valence-corrected chi connectivity index (χ3v) is 3.79. The molecule has 1 saturated carbocycles. The van der Waals surface area contributed by atoms with Gasteiger partial charge >= 0.3 is 6.18 Å². The molecule has 5 heteroatoms. The lowest BCUT2D eigenvalue weighted by Gasteiger charge is -2.38. The summed E-state index contributed by atoms with van der Waals surface area (Å²) >= 11 is 5.82. The zero-order chi connectivity index (χ0) is 13.4. The van der Waals surface area contributed by atoms with E-state index in [9.17, 15) is 18.3 Å². The van der Waals surface area contributed by atoms with E-state index in [4.69, 9.17) is 11.6 Å². The van der Waals surface area contributed by atoms with Gasteiger partial charge in [0.1, 0.15) is 0 Å². The van der Waals surface area contributed by atoms with Gasteiger partial charge in [-0.3, -0.25) is 0 Å². The Hall–Kier alpha value is -0.740. The highest BCUT2D eigenvalue weighted by atomic mass is 35.5. The molecule has 1 N–H and O–H groups in total. The van der Waals surface area contributed by atoms with Gasteiger partial charge in [-0.05, 0) is 43.4 Å². The van der Waals surface area contributed by atoms with Crippen molar-refractivity contribution in [2.45, 2.75) is 37.5 Å². The number of alkyl halides is 3. The van der Waals surface area contributed by atoms with Crippen LogP contribution in [0.1, 0.15) is 31.2 Å². The molecule has 2 rings (SSSR count). The van der Waals surface area contributed by atoms with Crippen molar-refractivity contribution in [1.29, 1.82) is 0 Å². The van der Waals surface area contributed by atoms with Crippen LogP contribution in [0.2, 0.25) is 5.02 Å². The van der Waals surface area contributed by atoms with Gasteiger partial charge in [0.2, 0.25) is 0 Å². The van der Waals surface area contributed by atoms with Crippen LogP contribution in [0.15, 0.2) is 24.3 Å². The van der Waals surface area contributed by atoms with Gasteiger partial charge in [0.25, 0.3) is 0 Å². The summed E-state index contributed by atoms with van der Waals surface area (Å²) in [6.07, 6.45) is -3.72. The van der Waals surface area contributed by atoms with Crippen LogP contribution in [-0.4, -0.2) is 11.3 Å². The van der Waals surface area contributed by atoms with E-state index >= 15 is 0 Å². The molecule has 1 aliphatic rings. The van der Waals surface area contributed by atoms with Crippen LogP contribution < -0.4 is 0 Å². The van der Waals surface area contributed by atoms with Crippen molar-refractivity contribution >= 4 is 11.6 Å². The maximum absolute atomic E-state index is 12.7. The van der Waals surface area contributed by atoms with Crippen LogP contribution in [0.25, 0.3) is 0 Å². The van der Waals surface area contributed by atoms with E-state index in [0.717, 1.165) is 0 Å². The van der Waals surface area contributed by atoms with E-state index in [0.29, 0.717) is 23.4 Å². The molecular formula is C13H14ClF3O. The largest absolute Gasteiger partial charge is 0.391 e. The quantitative estimate of drug-likeness (QED) is 0.813. The maximum atomic E-state index is 12.7. The van der Waals surface area contributed by atoms with E-state index < -0.39 is 17.7 Å². The summed E-state index contributed by atoms with van der Waals surface area (Å²) in [6, 6.07) is 6.45. The van der Waals surface area contributed by atoms with Crippen LogP contribution in [0.4, 0.5) is 13.2 Å². The second-order valence-corrected chi connectivity index (χ2v) is 5.31. The minimum atomic E-state index is -4.24. The molecule has 1 aromatic carbocycles.